The predicted molar refractivity (Wildman–Crippen MR) is 139 cm³/mol. The van der Waals surface area contributed by atoms with Gasteiger partial charge in [-0.3, -0.25) is 15.0 Å². The van der Waals surface area contributed by atoms with Crippen molar-refractivity contribution in [3.05, 3.63) is 29.0 Å². The maximum Gasteiger partial charge on any atom is 0.300 e. The van der Waals surface area contributed by atoms with Gasteiger partial charge in [0.25, 0.3) is 6.01 Å². The lowest BCUT2D eigenvalue weighted by Gasteiger charge is -2.38. The van der Waals surface area contributed by atoms with E-state index >= 15 is 0 Å². The Bertz CT molecular complexity index is 1230. The Balaban J connectivity index is 1.27. The van der Waals surface area contributed by atoms with E-state index in [9.17, 15) is 9.90 Å². The first kappa shape index (κ1) is 24.6. The molecule has 0 spiro atoms. The molecule has 3 aromatic heterocycles. The number of nitrogens with zero attached hydrogens (tertiary/aromatic N) is 3. The molecule has 4 heterocycles. The minimum Gasteiger partial charge on any atom is -0.490 e. The van der Waals surface area contributed by atoms with E-state index in [4.69, 9.17) is 24.6 Å². The number of amides is 1. The number of morpholine rings is 1. The van der Waals surface area contributed by atoms with Crippen molar-refractivity contribution in [3.8, 4) is 5.75 Å². The average molecular weight is 528 g/mol. The number of hydrogen-bond acceptors (Lipinski definition) is 10. The Labute approximate surface area is 219 Å². The van der Waals surface area contributed by atoms with Crippen molar-refractivity contribution < 1.29 is 23.8 Å². The molecule has 3 aromatic rings. The minimum absolute atomic E-state index is 0.0398. The molecule has 198 valence electrons. The first-order chi connectivity index (χ1) is 18.0. The average Bonchev–Trinajstić information content (AvgIpc) is 3.63. The number of nitrogens with two attached hydrogens (primary N) is 1. The highest BCUT2D eigenvalue weighted by molar-refractivity contribution is 7.19. The van der Waals surface area contributed by atoms with Crippen LogP contribution in [-0.2, 0) is 16.0 Å². The Morgan fingerprint density at radius 3 is 2.81 bits per heavy atom. The van der Waals surface area contributed by atoms with Crippen LogP contribution in [0.4, 0.5) is 11.8 Å². The molecule has 0 bridgehead atoms. The largest absolute Gasteiger partial charge is 0.490 e. The first-order valence-corrected chi connectivity index (χ1v) is 14.0. The van der Waals surface area contributed by atoms with Crippen LogP contribution in [0.1, 0.15) is 54.9 Å². The molecule has 2 aliphatic carbocycles. The van der Waals surface area contributed by atoms with Gasteiger partial charge in [0.2, 0.25) is 5.91 Å². The molecule has 10 nitrogen and oxygen atoms in total. The van der Waals surface area contributed by atoms with Crippen molar-refractivity contribution in [1.29, 1.82) is 0 Å². The molecule has 11 heteroatoms. The highest BCUT2D eigenvalue weighted by atomic mass is 32.1. The Hall–Kier alpha value is -2.73. The minimum atomic E-state index is -1.16. The summed E-state index contributed by atoms with van der Waals surface area (Å²) in [6.07, 6.45) is 8.32. The molecule has 4 N–H and O–H groups in total. The lowest BCUT2D eigenvalue weighted by molar-refractivity contribution is -0.126. The second-order valence-corrected chi connectivity index (χ2v) is 11.3. The topological polar surface area (TPSA) is 136 Å². The maximum absolute atomic E-state index is 11.6. The third-order valence-electron chi connectivity index (χ3n) is 7.87. The zero-order chi connectivity index (χ0) is 25.4. The summed E-state index contributed by atoms with van der Waals surface area (Å²) >= 11 is 1.65. The molecule has 3 aliphatic rings. The van der Waals surface area contributed by atoms with E-state index in [2.05, 4.69) is 15.2 Å². The quantitative estimate of drug-likeness (QED) is 0.403. The van der Waals surface area contributed by atoms with Crippen LogP contribution in [-0.4, -0.2) is 70.4 Å². The van der Waals surface area contributed by atoms with Gasteiger partial charge in [-0.1, -0.05) is 0 Å². The van der Waals surface area contributed by atoms with E-state index in [1.165, 1.54) is 11.1 Å². The van der Waals surface area contributed by atoms with Gasteiger partial charge >= 0.3 is 0 Å². The SMILES string of the molecule is NC(=O)[C@@H](O)C[C@H]1CCc2sc3nc(Nc4ncco4)cc(OC4CCC(N5CCOCC5)CC4)c3c21. The Kier molecular flexibility index (Phi) is 7.02. The highest BCUT2D eigenvalue weighted by Crippen LogP contribution is 2.49. The third-order valence-corrected chi connectivity index (χ3v) is 9.03. The van der Waals surface area contributed by atoms with Crippen molar-refractivity contribution in [2.45, 2.75) is 69.1 Å². The number of aryl methyl sites for hydroxylation is 1. The number of aliphatic hydroxyl groups excluding tert-OH is 1. The molecule has 1 aliphatic heterocycles. The Morgan fingerprint density at radius 1 is 1.27 bits per heavy atom. The second kappa shape index (κ2) is 10.6. The summed E-state index contributed by atoms with van der Waals surface area (Å²) in [7, 11) is 0. The fourth-order valence-electron chi connectivity index (χ4n) is 6.02. The normalized spacial score (nSPS) is 25.2. The molecule has 0 radical (unpaired) electrons. The van der Waals surface area contributed by atoms with Crippen molar-refractivity contribution in [2.75, 3.05) is 31.6 Å². The van der Waals surface area contributed by atoms with Gasteiger partial charge in [-0.05, 0) is 56.4 Å². The van der Waals surface area contributed by atoms with E-state index in [0.717, 1.165) is 86.4 Å². The fraction of sp³-hybridized carbons (Fsp3) is 0.577. The molecular formula is C26H33N5O5S. The highest BCUT2D eigenvalue weighted by Gasteiger charge is 2.34. The molecule has 6 rings (SSSR count). The van der Waals surface area contributed by atoms with Gasteiger partial charge in [-0.25, -0.2) is 9.97 Å². The van der Waals surface area contributed by atoms with Crippen LogP contribution < -0.4 is 15.8 Å². The molecule has 2 fully saturated rings. The van der Waals surface area contributed by atoms with E-state index in [0.29, 0.717) is 24.3 Å². The van der Waals surface area contributed by atoms with Gasteiger partial charge in [-0.2, -0.15) is 0 Å². The van der Waals surface area contributed by atoms with Gasteiger partial charge < -0.3 is 24.7 Å². The number of ether oxygens (including phenoxy) is 2. The van der Waals surface area contributed by atoms with Gasteiger partial charge in [0.05, 0.1) is 30.9 Å². The number of carbonyl (C=O) groups is 1. The maximum atomic E-state index is 11.6. The molecule has 2 atom stereocenters. The monoisotopic (exact) mass is 527 g/mol. The number of carbonyl (C=O) groups excluding carboxylic acids is 1. The number of anilines is 2. The fourth-order valence-corrected chi connectivity index (χ4v) is 7.31. The molecular weight excluding hydrogens is 494 g/mol. The summed E-state index contributed by atoms with van der Waals surface area (Å²) in [6.45, 7) is 3.66. The standard InChI is InChI=1S/C26H33N5O5S/c27-24(33)18(32)13-15-1-6-20-22(15)23-19(14-21(29-25(23)37-20)30-26-28-7-10-35-26)36-17-4-2-16(3-5-17)31-8-11-34-12-9-31/h7,10,14-18,32H,1-6,8-9,11-13H2,(H2,27,33)(H,28,29,30)/t15-,16?,17?,18+/m1/s1. The zero-order valence-electron chi connectivity index (χ0n) is 20.7. The van der Waals surface area contributed by atoms with Crippen LogP contribution in [0.2, 0.25) is 0 Å². The van der Waals surface area contributed by atoms with Crippen LogP contribution in [0.15, 0.2) is 22.9 Å². The van der Waals surface area contributed by atoms with E-state index in [1.54, 1.807) is 17.5 Å². The summed E-state index contributed by atoms with van der Waals surface area (Å²) in [4.78, 5) is 25.2. The number of nitrogens with one attached hydrogen (secondary N) is 1. The van der Waals surface area contributed by atoms with E-state index in [-0.39, 0.29) is 12.0 Å². The van der Waals surface area contributed by atoms with Crippen molar-refractivity contribution in [3.63, 3.8) is 0 Å². The van der Waals surface area contributed by atoms with Gasteiger partial charge in [0, 0.05) is 30.1 Å². The van der Waals surface area contributed by atoms with Gasteiger partial charge in [0.1, 0.15) is 28.8 Å². The summed E-state index contributed by atoms with van der Waals surface area (Å²) in [6, 6.07) is 2.89. The second-order valence-electron chi connectivity index (χ2n) is 10.2. The number of pyridine rings is 1. The first-order valence-electron chi connectivity index (χ1n) is 13.1. The summed E-state index contributed by atoms with van der Waals surface area (Å²) in [5, 5.41) is 14.4. The van der Waals surface area contributed by atoms with Crippen molar-refractivity contribution in [1.82, 2.24) is 14.9 Å². The predicted octanol–water partition coefficient (Wildman–Crippen LogP) is 3.32. The molecule has 0 unspecified atom stereocenters. The van der Waals surface area contributed by atoms with Crippen LogP contribution in [0, 0.1) is 0 Å². The van der Waals surface area contributed by atoms with Crippen LogP contribution in [0.25, 0.3) is 10.2 Å². The number of oxazole rings is 1. The molecule has 1 amide bonds. The summed E-state index contributed by atoms with van der Waals surface area (Å²) in [5.41, 5.74) is 6.51. The molecule has 1 saturated heterocycles. The zero-order valence-corrected chi connectivity index (χ0v) is 21.5. The van der Waals surface area contributed by atoms with Crippen molar-refractivity contribution >= 4 is 39.3 Å². The van der Waals surface area contributed by atoms with E-state index in [1.807, 2.05) is 6.07 Å². The lowest BCUT2D eigenvalue weighted by atomic mass is 9.91. The molecule has 0 aromatic carbocycles. The van der Waals surface area contributed by atoms with Crippen LogP contribution in [0.5, 0.6) is 5.75 Å². The summed E-state index contributed by atoms with van der Waals surface area (Å²) < 4.78 is 17.6. The smallest absolute Gasteiger partial charge is 0.300 e. The number of fused-ring (bicyclic) bond motifs is 3. The number of hydrogen-bond donors (Lipinski definition) is 3. The van der Waals surface area contributed by atoms with Crippen LogP contribution in [0.3, 0.4) is 0 Å². The van der Waals surface area contributed by atoms with Gasteiger partial charge in [-0.15, -0.1) is 11.3 Å². The number of primary amides is 1. The third kappa shape index (κ3) is 5.18. The lowest BCUT2D eigenvalue weighted by Crippen LogP contribution is -2.46. The number of aliphatic hydroxyl groups is 1. The van der Waals surface area contributed by atoms with Gasteiger partial charge in [0.15, 0.2) is 0 Å². The Morgan fingerprint density at radius 2 is 2.08 bits per heavy atom. The number of thiophene rings is 1. The number of aromatic nitrogens is 2. The summed E-state index contributed by atoms with van der Waals surface area (Å²) in [5.74, 6) is 0.752. The molecule has 1 saturated carbocycles. The van der Waals surface area contributed by atoms with E-state index < -0.39 is 12.0 Å². The molecule has 37 heavy (non-hydrogen) atoms. The number of rotatable bonds is 8. The van der Waals surface area contributed by atoms with Crippen LogP contribution >= 0.6 is 11.3 Å². The van der Waals surface area contributed by atoms with Crippen molar-refractivity contribution in [2.24, 2.45) is 5.73 Å².